The van der Waals surface area contributed by atoms with E-state index in [0.717, 1.165) is 31.2 Å². The predicted octanol–water partition coefficient (Wildman–Crippen LogP) is 6.93. The number of amides is 1. The molecule has 9 nitrogen and oxygen atoms in total. The van der Waals surface area contributed by atoms with E-state index in [1.807, 2.05) is 19.0 Å². The van der Waals surface area contributed by atoms with Crippen LogP contribution in [0.2, 0.25) is 0 Å². The number of halogens is 5. The van der Waals surface area contributed by atoms with Crippen molar-refractivity contribution in [3.05, 3.63) is 82.3 Å². The number of nitrogens with one attached hydrogen (secondary N) is 2. The van der Waals surface area contributed by atoms with E-state index in [9.17, 15) is 18.0 Å². The summed E-state index contributed by atoms with van der Waals surface area (Å²) in [4.78, 5) is 29.9. The molecule has 0 fully saturated rings. The summed E-state index contributed by atoms with van der Waals surface area (Å²) in [5.41, 5.74) is -0.172. The van der Waals surface area contributed by atoms with Crippen molar-refractivity contribution in [2.45, 2.75) is 12.6 Å². The van der Waals surface area contributed by atoms with Gasteiger partial charge < -0.3 is 25.2 Å². The molecule has 0 spiro atoms. The molecule has 14 heteroatoms. The van der Waals surface area contributed by atoms with Crippen LogP contribution in [0.4, 0.5) is 34.9 Å². The zero-order chi connectivity index (χ0) is 32.0. The molecule has 0 saturated heterocycles. The fraction of sp³-hybridized carbons (Fsp3) is 0.267. The molecule has 0 atom stereocenters. The first-order chi connectivity index (χ1) is 20.9. The van der Waals surface area contributed by atoms with Crippen LogP contribution in [-0.4, -0.2) is 67.0 Å². The van der Waals surface area contributed by atoms with Crippen LogP contribution in [0, 0.1) is 5.82 Å². The zero-order valence-corrected chi connectivity index (χ0v) is 25.9. The second-order valence-electron chi connectivity index (χ2n) is 10.0. The Labute approximate surface area is 260 Å². The van der Waals surface area contributed by atoms with E-state index in [-0.39, 0.29) is 21.8 Å². The minimum Gasteiger partial charge on any atom is -0.438 e. The van der Waals surface area contributed by atoms with Gasteiger partial charge in [-0.15, -0.1) is 0 Å². The van der Waals surface area contributed by atoms with Crippen LogP contribution < -0.4 is 20.3 Å². The Balaban J connectivity index is 1.66. The van der Waals surface area contributed by atoms with Crippen LogP contribution in [0.25, 0.3) is 11.3 Å². The smallest absolute Gasteiger partial charge is 0.416 e. The largest absolute Gasteiger partial charge is 0.438 e. The molecule has 0 aliphatic heterocycles. The molecule has 0 unspecified atom stereocenters. The Kier molecular flexibility index (Phi) is 10.4. The topological polar surface area (TPSA) is 95.5 Å². The van der Waals surface area contributed by atoms with Gasteiger partial charge in [-0.3, -0.25) is 4.79 Å². The first kappa shape index (κ1) is 32.6. The van der Waals surface area contributed by atoms with E-state index < -0.39 is 29.0 Å². The molecule has 0 bridgehead atoms. The van der Waals surface area contributed by atoms with Crippen LogP contribution in [0.3, 0.4) is 0 Å². The molecular formula is C30H30BrF4N7O2. The van der Waals surface area contributed by atoms with Gasteiger partial charge in [-0.25, -0.2) is 19.3 Å². The lowest BCUT2D eigenvalue weighted by atomic mass is 10.1. The highest BCUT2D eigenvalue weighted by Crippen LogP contribution is 2.37. The second-order valence-corrected chi connectivity index (χ2v) is 10.9. The number of carbonyl (C=O) groups is 1. The summed E-state index contributed by atoms with van der Waals surface area (Å²) in [6.45, 7) is 1.26. The molecular weight excluding hydrogens is 646 g/mol. The molecule has 2 aromatic carbocycles. The minimum atomic E-state index is -4.65. The monoisotopic (exact) mass is 675 g/mol. The third-order valence-electron chi connectivity index (χ3n) is 6.47. The summed E-state index contributed by atoms with van der Waals surface area (Å²) in [5, 5.41) is 5.34. The van der Waals surface area contributed by atoms with Crippen LogP contribution >= 0.6 is 15.9 Å². The van der Waals surface area contributed by atoms with Gasteiger partial charge in [0.2, 0.25) is 11.8 Å². The summed E-state index contributed by atoms with van der Waals surface area (Å²) in [7, 11) is 7.21. The van der Waals surface area contributed by atoms with Crippen molar-refractivity contribution >= 4 is 39.2 Å². The summed E-state index contributed by atoms with van der Waals surface area (Å²) in [6, 6.07) is 10.6. The van der Waals surface area contributed by atoms with Crippen LogP contribution in [0.15, 0.2) is 65.4 Å². The maximum atomic E-state index is 15.3. The number of ether oxygens (including phenoxy) is 1. The molecule has 2 heterocycles. The highest BCUT2D eigenvalue weighted by atomic mass is 79.9. The molecule has 0 saturated carbocycles. The third-order valence-corrected chi connectivity index (χ3v) is 7.05. The fourth-order valence-corrected chi connectivity index (χ4v) is 4.71. The number of anilines is 3. The lowest BCUT2D eigenvalue weighted by molar-refractivity contribution is -0.137. The summed E-state index contributed by atoms with van der Waals surface area (Å²) < 4.78 is 61.9. The summed E-state index contributed by atoms with van der Waals surface area (Å²) in [5.74, 6) is -1.34. The van der Waals surface area contributed by atoms with Crippen LogP contribution in [0.5, 0.6) is 11.6 Å². The van der Waals surface area contributed by atoms with E-state index in [0.29, 0.717) is 29.4 Å². The van der Waals surface area contributed by atoms with Crippen LogP contribution in [0.1, 0.15) is 22.3 Å². The maximum absolute atomic E-state index is 15.3. The highest BCUT2D eigenvalue weighted by molar-refractivity contribution is 9.10. The Morgan fingerprint density at radius 2 is 1.80 bits per heavy atom. The lowest BCUT2D eigenvalue weighted by Crippen LogP contribution is -2.25. The van der Waals surface area contributed by atoms with Gasteiger partial charge in [0.05, 0.1) is 38.2 Å². The molecule has 4 rings (SSSR count). The normalized spacial score (nSPS) is 11.4. The van der Waals surface area contributed by atoms with E-state index in [2.05, 4.69) is 41.5 Å². The van der Waals surface area contributed by atoms with E-state index >= 15 is 4.39 Å². The first-order valence-corrected chi connectivity index (χ1v) is 14.2. The Bertz CT molecular complexity index is 1640. The second kappa shape index (κ2) is 14.0. The van der Waals surface area contributed by atoms with Crippen molar-refractivity contribution in [2.75, 3.05) is 56.8 Å². The fourth-order valence-electron chi connectivity index (χ4n) is 4.28. The van der Waals surface area contributed by atoms with Crippen molar-refractivity contribution in [1.29, 1.82) is 0 Å². The molecule has 2 N–H and O–H groups in total. The number of carbonyl (C=O) groups excluding carboxylic acids is 1. The van der Waals surface area contributed by atoms with Gasteiger partial charge >= 0.3 is 6.18 Å². The Hall–Kier alpha value is -4.30. The van der Waals surface area contributed by atoms with Gasteiger partial charge in [0, 0.05) is 33.0 Å². The molecule has 1 amide bonds. The van der Waals surface area contributed by atoms with Gasteiger partial charge in [-0.1, -0.05) is 0 Å². The van der Waals surface area contributed by atoms with Gasteiger partial charge in [0.1, 0.15) is 11.6 Å². The Morgan fingerprint density at radius 1 is 1.02 bits per heavy atom. The molecule has 232 valence electrons. The van der Waals surface area contributed by atoms with Crippen molar-refractivity contribution in [1.82, 2.24) is 19.9 Å². The van der Waals surface area contributed by atoms with Crippen molar-refractivity contribution in [2.24, 2.45) is 0 Å². The highest BCUT2D eigenvalue weighted by Gasteiger charge is 2.32. The van der Waals surface area contributed by atoms with Crippen molar-refractivity contribution in [3.63, 3.8) is 0 Å². The van der Waals surface area contributed by atoms with Gasteiger partial charge in [0.25, 0.3) is 5.91 Å². The average molecular weight is 677 g/mol. The number of hydrogen-bond acceptors (Lipinski definition) is 8. The predicted molar refractivity (Wildman–Crippen MR) is 165 cm³/mol. The number of benzene rings is 2. The van der Waals surface area contributed by atoms with Gasteiger partial charge in [-0.05, 0) is 91.5 Å². The first-order valence-electron chi connectivity index (χ1n) is 13.4. The molecule has 0 aliphatic carbocycles. The quantitative estimate of drug-likeness (QED) is 0.165. The number of nitrogens with zero attached hydrogens (tertiary/aromatic N) is 5. The third kappa shape index (κ3) is 7.99. The SMILES string of the molecule is CNc1nccc(-c2cccnc2Oc2cc(Br)c(F)c(C(=O)Nc3cc(C(F)(F)F)ccc3N(C)CCCN(C)C)c2)n1. The maximum Gasteiger partial charge on any atom is 0.416 e. The standard InChI is InChI=1S/C30H30BrF4N7O2/c1-36-29-38-12-10-23(40-29)20-7-5-11-37-28(20)44-19-16-21(26(32)22(31)17-19)27(43)39-24-15-18(30(33,34)35)8-9-25(24)42(4)14-6-13-41(2)3/h5,7-12,15-17H,6,13-14H2,1-4H3,(H,39,43)(H,36,38,40). The number of aromatic nitrogens is 3. The summed E-state index contributed by atoms with van der Waals surface area (Å²) in [6.07, 6.45) is -0.875. The number of alkyl halides is 3. The molecule has 2 aromatic heterocycles. The van der Waals surface area contributed by atoms with Crippen molar-refractivity contribution in [3.8, 4) is 22.9 Å². The number of hydrogen-bond donors (Lipinski definition) is 2. The summed E-state index contributed by atoms with van der Waals surface area (Å²) >= 11 is 3.12. The molecule has 0 radical (unpaired) electrons. The molecule has 4 aromatic rings. The molecule has 0 aliphatic rings. The van der Waals surface area contributed by atoms with E-state index in [1.54, 1.807) is 43.4 Å². The lowest BCUT2D eigenvalue weighted by Gasteiger charge is -2.24. The number of rotatable bonds is 11. The van der Waals surface area contributed by atoms with Crippen LogP contribution in [-0.2, 0) is 6.18 Å². The zero-order valence-electron chi connectivity index (χ0n) is 24.3. The number of pyridine rings is 1. The van der Waals surface area contributed by atoms with E-state index in [4.69, 9.17) is 4.74 Å². The average Bonchev–Trinajstić information content (AvgIpc) is 2.98. The minimum absolute atomic E-state index is 0.0522. The molecule has 44 heavy (non-hydrogen) atoms. The van der Waals surface area contributed by atoms with Gasteiger partial charge in [-0.2, -0.15) is 13.2 Å². The van der Waals surface area contributed by atoms with E-state index in [1.165, 1.54) is 18.3 Å². The Morgan fingerprint density at radius 3 is 2.50 bits per heavy atom. The van der Waals surface area contributed by atoms with Crippen molar-refractivity contribution < 1.29 is 27.1 Å². The van der Waals surface area contributed by atoms with Gasteiger partial charge in [0.15, 0.2) is 0 Å².